The Balaban J connectivity index is 1.86. The second kappa shape index (κ2) is 6.03. The number of aromatic nitrogens is 2. The molecule has 1 atom stereocenters. The van der Waals surface area contributed by atoms with E-state index in [1.165, 1.54) is 11.3 Å². The van der Waals surface area contributed by atoms with E-state index in [1.807, 2.05) is 42.2 Å². The molecule has 96 valence electrons. The Morgan fingerprint density at radius 1 is 1.39 bits per heavy atom. The molecule has 0 radical (unpaired) electrons. The fraction of sp³-hybridized carbons (Fsp3) is 0.357. The number of benzene rings is 1. The molecule has 4 heteroatoms. The molecule has 0 spiro atoms. The van der Waals surface area contributed by atoms with Crippen molar-refractivity contribution in [2.75, 3.05) is 0 Å². The van der Waals surface area contributed by atoms with Crippen LogP contribution in [-0.2, 0) is 20.0 Å². The third-order valence-corrected chi connectivity index (χ3v) is 3.22. The molecule has 2 aromatic rings. The van der Waals surface area contributed by atoms with Crippen LogP contribution >= 0.6 is 11.6 Å². The van der Waals surface area contributed by atoms with Crippen molar-refractivity contribution < 1.29 is 0 Å². The Kier molecular flexibility index (Phi) is 4.39. The number of nitrogens with zero attached hydrogens (tertiary/aromatic N) is 2. The van der Waals surface area contributed by atoms with E-state index >= 15 is 0 Å². The zero-order chi connectivity index (χ0) is 13.0. The number of aryl methyl sites for hydroxylation is 1. The summed E-state index contributed by atoms with van der Waals surface area (Å²) in [6.07, 6.45) is 2.79. The normalized spacial score (nSPS) is 12.6. The molecule has 0 fully saturated rings. The van der Waals surface area contributed by atoms with Crippen LogP contribution in [0.3, 0.4) is 0 Å². The first kappa shape index (κ1) is 13.1. The minimum absolute atomic E-state index is 0.401. The average Bonchev–Trinajstić information content (AvgIpc) is 2.72. The van der Waals surface area contributed by atoms with Crippen molar-refractivity contribution in [3.63, 3.8) is 0 Å². The third-order valence-electron chi connectivity index (χ3n) is 2.99. The van der Waals surface area contributed by atoms with Crippen molar-refractivity contribution in [2.24, 2.45) is 7.05 Å². The first-order valence-electron chi connectivity index (χ1n) is 6.10. The largest absolute Gasteiger partial charge is 0.308 e. The van der Waals surface area contributed by atoms with Gasteiger partial charge in [-0.15, -0.1) is 0 Å². The van der Waals surface area contributed by atoms with Crippen LogP contribution in [0.15, 0.2) is 36.5 Å². The first-order valence-corrected chi connectivity index (χ1v) is 6.47. The van der Waals surface area contributed by atoms with Crippen molar-refractivity contribution in [3.05, 3.63) is 52.8 Å². The number of rotatable bonds is 5. The van der Waals surface area contributed by atoms with Crippen LogP contribution in [0.2, 0.25) is 5.02 Å². The lowest BCUT2D eigenvalue weighted by atomic mass is 10.1. The van der Waals surface area contributed by atoms with Gasteiger partial charge in [-0.25, -0.2) is 0 Å². The van der Waals surface area contributed by atoms with E-state index in [0.717, 1.165) is 18.0 Å². The minimum Gasteiger partial charge on any atom is -0.308 e. The van der Waals surface area contributed by atoms with Gasteiger partial charge in [0, 0.05) is 30.9 Å². The van der Waals surface area contributed by atoms with Gasteiger partial charge >= 0.3 is 0 Å². The Morgan fingerprint density at radius 2 is 2.22 bits per heavy atom. The summed E-state index contributed by atoms with van der Waals surface area (Å²) in [4.78, 5) is 0. The summed E-state index contributed by atoms with van der Waals surface area (Å²) < 4.78 is 1.89. The molecule has 0 aliphatic carbocycles. The monoisotopic (exact) mass is 263 g/mol. The summed E-state index contributed by atoms with van der Waals surface area (Å²) in [5.74, 6) is 0. The molecule has 18 heavy (non-hydrogen) atoms. The zero-order valence-electron chi connectivity index (χ0n) is 10.7. The van der Waals surface area contributed by atoms with Gasteiger partial charge in [0.15, 0.2) is 0 Å². The maximum atomic E-state index is 5.98. The van der Waals surface area contributed by atoms with Crippen molar-refractivity contribution in [3.8, 4) is 0 Å². The average molecular weight is 264 g/mol. The topological polar surface area (TPSA) is 29.9 Å². The molecule has 1 heterocycles. The fourth-order valence-corrected chi connectivity index (χ4v) is 2.16. The number of nitrogens with one attached hydrogen (secondary N) is 1. The SMILES string of the molecule is CC(Cc1cccc(Cl)c1)NCc1ccnn1C. The van der Waals surface area contributed by atoms with Gasteiger partial charge in [-0.1, -0.05) is 23.7 Å². The zero-order valence-corrected chi connectivity index (χ0v) is 11.5. The van der Waals surface area contributed by atoms with Gasteiger partial charge in [-0.2, -0.15) is 5.10 Å². The molecular weight excluding hydrogens is 246 g/mol. The van der Waals surface area contributed by atoms with E-state index in [0.29, 0.717) is 6.04 Å². The Morgan fingerprint density at radius 3 is 2.89 bits per heavy atom. The molecule has 0 amide bonds. The lowest BCUT2D eigenvalue weighted by Crippen LogP contribution is -2.28. The summed E-state index contributed by atoms with van der Waals surface area (Å²) in [5.41, 5.74) is 2.44. The van der Waals surface area contributed by atoms with E-state index in [4.69, 9.17) is 11.6 Å². The predicted molar refractivity (Wildman–Crippen MR) is 74.7 cm³/mol. The number of halogens is 1. The standard InChI is InChI=1S/C14H18ClN3/c1-11(8-12-4-3-5-13(15)9-12)16-10-14-6-7-17-18(14)2/h3-7,9,11,16H,8,10H2,1-2H3. The van der Waals surface area contributed by atoms with E-state index in [9.17, 15) is 0 Å². The van der Waals surface area contributed by atoms with Gasteiger partial charge in [0.25, 0.3) is 0 Å². The van der Waals surface area contributed by atoms with Gasteiger partial charge < -0.3 is 5.32 Å². The quantitative estimate of drug-likeness (QED) is 0.899. The molecule has 1 aromatic heterocycles. The highest BCUT2D eigenvalue weighted by molar-refractivity contribution is 6.30. The summed E-state index contributed by atoms with van der Waals surface area (Å²) in [7, 11) is 1.96. The predicted octanol–water partition coefficient (Wildman–Crippen LogP) is 2.79. The first-order chi connectivity index (χ1) is 8.65. The Bertz CT molecular complexity index is 507. The van der Waals surface area contributed by atoms with Crippen LogP contribution in [0, 0.1) is 0 Å². The summed E-state index contributed by atoms with van der Waals surface area (Å²) in [6.45, 7) is 3.01. The van der Waals surface area contributed by atoms with E-state index in [-0.39, 0.29) is 0 Å². The summed E-state index contributed by atoms with van der Waals surface area (Å²) in [5, 5.41) is 8.44. The Hall–Kier alpha value is -1.32. The molecule has 0 aliphatic heterocycles. The van der Waals surface area contributed by atoms with Crippen molar-refractivity contribution >= 4 is 11.6 Å². The van der Waals surface area contributed by atoms with Gasteiger partial charge in [0.05, 0.1) is 5.69 Å². The van der Waals surface area contributed by atoms with E-state index < -0.39 is 0 Å². The Labute approximate surface area is 113 Å². The van der Waals surface area contributed by atoms with E-state index in [1.54, 1.807) is 0 Å². The maximum Gasteiger partial charge on any atom is 0.0518 e. The van der Waals surface area contributed by atoms with Gasteiger partial charge in [0.2, 0.25) is 0 Å². The third kappa shape index (κ3) is 3.59. The van der Waals surface area contributed by atoms with Gasteiger partial charge in [-0.3, -0.25) is 4.68 Å². The molecule has 0 aliphatic rings. The van der Waals surface area contributed by atoms with E-state index in [2.05, 4.69) is 23.4 Å². The molecule has 1 aromatic carbocycles. The van der Waals surface area contributed by atoms with Crippen LogP contribution < -0.4 is 5.32 Å². The van der Waals surface area contributed by atoms with Crippen molar-refractivity contribution in [1.82, 2.24) is 15.1 Å². The highest BCUT2D eigenvalue weighted by Crippen LogP contribution is 2.12. The van der Waals surface area contributed by atoms with Crippen molar-refractivity contribution in [1.29, 1.82) is 0 Å². The molecule has 2 rings (SSSR count). The molecule has 0 saturated heterocycles. The fourth-order valence-electron chi connectivity index (χ4n) is 1.94. The van der Waals surface area contributed by atoms with Gasteiger partial charge in [0.1, 0.15) is 0 Å². The van der Waals surface area contributed by atoms with Gasteiger partial charge in [-0.05, 0) is 37.1 Å². The molecule has 0 saturated carbocycles. The minimum atomic E-state index is 0.401. The molecule has 1 N–H and O–H groups in total. The van der Waals surface area contributed by atoms with Crippen LogP contribution in [-0.4, -0.2) is 15.8 Å². The van der Waals surface area contributed by atoms with Crippen LogP contribution in [0.4, 0.5) is 0 Å². The second-order valence-corrected chi connectivity index (χ2v) is 5.00. The van der Waals surface area contributed by atoms with Crippen LogP contribution in [0.25, 0.3) is 0 Å². The highest BCUT2D eigenvalue weighted by atomic mass is 35.5. The number of hydrogen-bond acceptors (Lipinski definition) is 2. The molecular formula is C14H18ClN3. The molecule has 1 unspecified atom stereocenters. The van der Waals surface area contributed by atoms with Crippen molar-refractivity contribution in [2.45, 2.75) is 25.9 Å². The summed E-state index contributed by atoms with van der Waals surface area (Å²) in [6, 6.07) is 10.4. The second-order valence-electron chi connectivity index (χ2n) is 4.56. The summed E-state index contributed by atoms with van der Waals surface area (Å²) >= 11 is 5.98. The number of hydrogen-bond donors (Lipinski definition) is 1. The molecule has 0 bridgehead atoms. The maximum absolute atomic E-state index is 5.98. The lowest BCUT2D eigenvalue weighted by Gasteiger charge is -2.14. The van der Waals surface area contributed by atoms with Crippen LogP contribution in [0.5, 0.6) is 0 Å². The smallest absolute Gasteiger partial charge is 0.0518 e. The van der Waals surface area contributed by atoms with Crippen LogP contribution in [0.1, 0.15) is 18.2 Å². The molecule has 3 nitrogen and oxygen atoms in total. The highest BCUT2D eigenvalue weighted by Gasteiger charge is 2.05. The lowest BCUT2D eigenvalue weighted by molar-refractivity contribution is 0.526.